The van der Waals surface area contributed by atoms with E-state index in [1.807, 2.05) is 6.92 Å². The smallest absolute Gasteiger partial charge is 0.151 e. The van der Waals surface area contributed by atoms with Crippen LogP contribution in [0.3, 0.4) is 0 Å². The number of sulfone groups is 1. The first-order valence-electron chi connectivity index (χ1n) is 7.13. The van der Waals surface area contributed by atoms with Crippen LogP contribution >= 0.6 is 0 Å². The number of hydrogen-bond donors (Lipinski definition) is 1. The van der Waals surface area contributed by atoms with E-state index in [1.54, 1.807) is 6.92 Å². The molecule has 0 radical (unpaired) electrons. The predicted octanol–water partition coefficient (Wildman–Crippen LogP) is 1.13. The molecule has 0 aliphatic carbocycles. The highest BCUT2D eigenvalue weighted by Crippen LogP contribution is 2.15. The first-order chi connectivity index (χ1) is 8.48. The van der Waals surface area contributed by atoms with Gasteiger partial charge in [0.05, 0.1) is 5.75 Å². The molecule has 0 aromatic carbocycles. The molecule has 1 saturated heterocycles. The molecule has 1 heterocycles. The van der Waals surface area contributed by atoms with Gasteiger partial charge in [-0.2, -0.15) is 0 Å². The van der Waals surface area contributed by atoms with Gasteiger partial charge in [-0.25, -0.2) is 8.42 Å². The average molecular weight is 276 g/mol. The molecule has 108 valence electrons. The summed E-state index contributed by atoms with van der Waals surface area (Å²) in [6.07, 6.45) is 2.42. The van der Waals surface area contributed by atoms with Gasteiger partial charge in [-0.1, -0.05) is 13.8 Å². The van der Waals surface area contributed by atoms with Crippen molar-refractivity contribution < 1.29 is 8.42 Å². The molecule has 0 aromatic heterocycles. The Morgan fingerprint density at radius 3 is 2.39 bits per heavy atom. The second kappa shape index (κ2) is 7.46. The van der Waals surface area contributed by atoms with Crippen molar-refractivity contribution in [2.24, 2.45) is 5.92 Å². The number of rotatable bonds is 7. The van der Waals surface area contributed by atoms with Crippen LogP contribution in [-0.4, -0.2) is 57.0 Å². The first-order valence-corrected chi connectivity index (χ1v) is 8.95. The zero-order valence-electron chi connectivity index (χ0n) is 12.0. The van der Waals surface area contributed by atoms with Gasteiger partial charge >= 0.3 is 0 Å². The third kappa shape index (κ3) is 5.24. The highest BCUT2D eigenvalue weighted by Gasteiger charge is 2.22. The fraction of sp³-hybridized carbons (Fsp3) is 1.00. The molecule has 0 aromatic rings. The SMILES string of the molecule is CCN(CC1CCNCC1)C(C)CS(=O)(=O)CC. The lowest BCUT2D eigenvalue weighted by molar-refractivity contribution is 0.178. The molecule has 1 unspecified atom stereocenters. The third-order valence-electron chi connectivity index (χ3n) is 3.92. The predicted molar refractivity (Wildman–Crippen MR) is 76.6 cm³/mol. The van der Waals surface area contributed by atoms with Crippen molar-refractivity contribution in [1.29, 1.82) is 0 Å². The van der Waals surface area contributed by atoms with Crippen LogP contribution in [0, 0.1) is 5.92 Å². The van der Waals surface area contributed by atoms with E-state index in [1.165, 1.54) is 12.8 Å². The Bertz CT molecular complexity index is 324. The molecular weight excluding hydrogens is 248 g/mol. The van der Waals surface area contributed by atoms with Gasteiger partial charge in [-0.05, 0) is 45.3 Å². The van der Waals surface area contributed by atoms with E-state index in [-0.39, 0.29) is 11.8 Å². The van der Waals surface area contributed by atoms with E-state index < -0.39 is 9.84 Å². The molecular formula is C13H28N2O2S. The van der Waals surface area contributed by atoms with Gasteiger partial charge in [0, 0.05) is 18.3 Å². The molecule has 4 nitrogen and oxygen atoms in total. The summed E-state index contributed by atoms with van der Waals surface area (Å²) >= 11 is 0. The van der Waals surface area contributed by atoms with Crippen molar-refractivity contribution in [2.75, 3.05) is 37.7 Å². The number of hydrogen-bond acceptors (Lipinski definition) is 4. The molecule has 1 fully saturated rings. The van der Waals surface area contributed by atoms with Crippen molar-refractivity contribution in [3.05, 3.63) is 0 Å². The van der Waals surface area contributed by atoms with Gasteiger partial charge in [0.25, 0.3) is 0 Å². The summed E-state index contributed by atoms with van der Waals surface area (Å²) in [4.78, 5) is 2.32. The Morgan fingerprint density at radius 1 is 1.28 bits per heavy atom. The molecule has 5 heteroatoms. The zero-order chi connectivity index (χ0) is 13.6. The van der Waals surface area contributed by atoms with E-state index in [9.17, 15) is 8.42 Å². The molecule has 1 N–H and O–H groups in total. The van der Waals surface area contributed by atoms with Gasteiger partial charge < -0.3 is 5.32 Å². The molecule has 1 aliphatic rings. The molecule has 1 rings (SSSR count). The minimum absolute atomic E-state index is 0.134. The Kier molecular flexibility index (Phi) is 6.60. The van der Waals surface area contributed by atoms with Crippen LogP contribution in [0.1, 0.15) is 33.6 Å². The van der Waals surface area contributed by atoms with Gasteiger partial charge in [-0.15, -0.1) is 0 Å². The fourth-order valence-electron chi connectivity index (χ4n) is 2.61. The van der Waals surface area contributed by atoms with Gasteiger partial charge in [-0.3, -0.25) is 4.90 Å². The van der Waals surface area contributed by atoms with E-state index in [2.05, 4.69) is 17.1 Å². The second-order valence-corrected chi connectivity index (χ2v) is 7.73. The van der Waals surface area contributed by atoms with Crippen LogP contribution in [-0.2, 0) is 9.84 Å². The Hall–Kier alpha value is -0.130. The molecule has 0 bridgehead atoms. The monoisotopic (exact) mass is 276 g/mol. The van der Waals surface area contributed by atoms with Crippen LogP contribution in [0.5, 0.6) is 0 Å². The third-order valence-corrected chi connectivity index (χ3v) is 5.79. The summed E-state index contributed by atoms with van der Waals surface area (Å²) in [6, 6.07) is 0.134. The summed E-state index contributed by atoms with van der Waals surface area (Å²) < 4.78 is 23.4. The highest BCUT2D eigenvalue weighted by atomic mass is 32.2. The van der Waals surface area contributed by atoms with Crippen LogP contribution in [0.15, 0.2) is 0 Å². The Labute approximate surface area is 112 Å². The van der Waals surface area contributed by atoms with Crippen molar-refractivity contribution in [2.45, 2.75) is 39.7 Å². The summed E-state index contributed by atoms with van der Waals surface area (Å²) in [5, 5.41) is 3.37. The lowest BCUT2D eigenvalue weighted by Crippen LogP contribution is -2.43. The van der Waals surface area contributed by atoms with Crippen LogP contribution < -0.4 is 5.32 Å². The minimum Gasteiger partial charge on any atom is -0.317 e. The van der Waals surface area contributed by atoms with Crippen molar-refractivity contribution >= 4 is 9.84 Å². The lowest BCUT2D eigenvalue weighted by Gasteiger charge is -2.33. The van der Waals surface area contributed by atoms with E-state index >= 15 is 0 Å². The van der Waals surface area contributed by atoms with Gasteiger partial charge in [0.15, 0.2) is 9.84 Å². The summed E-state index contributed by atoms with van der Waals surface area (Å²) in [6.45, 7) is 10.1. The Balaban J connectivity index is 2.48. The molecule has 18 heavy (non-hydrogen) atoms. The lowest BCUT2D eigenvalue weighted by atomic mass is 9.97. The van der Waals surface area contributed by atoms with Crippen molar-refractivity contribution in [1.82, 2.24) is 10.2 Å². The maximum Gasteiger partial charge on any atom is 0.151 e. The van der Waals surface area contributed by atoms with E-state index in [0.717, 1.165) is 32.1 Å². The first kappa shape index (κ1) is 15.9. The van der Waals surface area contributed by atoms with Gasteiger partial charge in [0.1, 0.15) is 0 Å². The quantitative estimate of drug-likeness (QED) is 0.757. The van der Waals surface area contributed by atoms with E-state index in [0.29, 0.717) is 5.75 Å². The largest absolute Gasteiger partial charge is 0.317 e. The van der Waals surface area contributed by atoms with Crippen molar-refractivity contribution in [3.63, 3.8) is 0 Å². The normalized spacial score (nSPS) is 20.2. The minimum atomic E-state index is -2.87. The van der Waals surface area contributed by atoms with E-state index in [4.69, 9.17) is 0 Å². The summed E-state index contributed by atoms with van der Waals surface area (Å²) in [5.74, 6) is 1.27. The van der Waals surface area contributed by atoms with Crippen LogP contribution in [0.2, 0.25) is 0 Å². The fourth-order valence-corrected chi connectivity index (χ4v) is 3.79. The molecule has 0 saturated carbocycles. The number of nitrogens with zero attached hydrogens (tertiary/aromatic N) is 1. The standard InChI is InChI=1S/C13H28N2O2S/c1-4-15(10-13-6-8-14-9-7-13)12(3)11-18(16,17)5-2/h12-14H,4-11H2,1-3H3. The summed E-state index contributed by atoms with van der Waals surface area (Å²) in [7, 11) is -2.87. The van der Waals surface area contributed by atoms with Gasteiger partial charge in [0.2, 0.25) is 0 Å². The van der Waals surface area contributed by atoms with Crippen LogP contribution in [0.4, 0.5) is 0 Å². The highest BCUT2D eigenvalue weighted by molar-refractivity contribution is 7.91. The molecule has 0 spiro atoms. The molecule has 0 amide bonds. The number of piperidine rings is 1. The maximum absolute atomic E-state index is 11.7. The average Bonchev–Trinajstić information content (AvgIpc) is 2.36. The summed E-state index contributed by atoms with van der Waals surface area (Å²) in [5.41, 5.74) is 0. The zero-order valence-corrected chi connectivity index (χ0v) is 12.8. The second-order valence-electron chi connectivity index (χ2n) is 5.33. The Morgan fingerprint density at radius 2 is 1.89 bits per heavy atom. The number of nitrogens with one attached hydrogen (secondary N) is 1. The topological polar surface area (TPSA) is 49.4 Å². The van der Waals surface area contributed by atoms with Crippen molar-refractivity contribution in [3.8, 4) is 0 Å². The molecule has 1 atom stereocenters. The maximum atomic E-state index is 11.7. The molecule has 1 aliphatic heterocycles. The van der Waals surface area contributed by atoms with Crippen LogP contribution in [0.25, 0.3) is 0 Å².